The summed E-state index contributed by atoms with van der Waals surface area (Å²) in [5.41, 5.74) is 0.395. The van der Waals surface area contributed by atoms with E-state index >= 15 is 0 Å². The molecule has 2 aromatic rings. The fraction of sp³-hybridized carbons (Fsp3) is 0.250. The number of hydrogen-bond acceptors (Lipinski definition) is 3. The summed E-state index contributed by atoms with van der Waals surface area (Å²) in [6, 6.07) is 16.7. The van der Waals surface area contributed by atoms with Gasteiger partial charge in [0.1, 0.15) is 12.4 Å². The number of benzene rings is 2. The molecule has 4 nitrogen and oxygen atoms in total. The van der Waals surface area contributed by atoms with Crippen molar-refractivity contribution in [3.05, 3.63) is 78.4 Å². The molecular weight excluding hydrogens is 302 g/mol. The maximum Gasteiger partial charge on any atom is 0.223 e. The smallest absolute Gasteiger partial charge is 0.223 e. The zero-order chi connectivity index (χ0) is 17.4. The number of hydrogen-bond donors (Lipinski definition) is 2. The molecule has 1 amide bonds. The van der Waals surface area contributed by atoms with E-state index in [0.29, 0.717) is 18.9 Å². The normalized spacial score (nSPS) is 12.9. The molecule has 0 bridgehead atoms. The molecule has 126 valence electrons. The van der Waals surface area contributed by atoms with Gasteiger partial charge < -0.3 is 15.2 Å². The highest BCUT2D eigenvalue weighted by Gasteiger charge is 2.26. The van der Waals surface area contributed by atoms with Gasteiger partial charge in [0, 0.05) is 12.1 Å². The maximum absolute atomic E-state index is 12.2. The van der Waals surface area contributed by atoms with Crippen molar-refractivity contribution in [2.45, 2.75) is 25.5 Å². The third kappa shape index (κ3) is 4.96. The second kappa shape index (κ2) is 8.31. The summed E-state index contributed by atoms with van der Waals surface area (Å²) in [4.78, 5) is 12.2. The lowest BCUT2D eigenvalue weighted by molar-refractivity contribution is -0.126. The Morgan fingerprint density at radius 2 is 1.88 bits per heavy atom. The number of amides is 1. The fourth-order valence-electron chi connectivity index (χ4n) is 2.41. The Balaban J connectivity index is 1.95. The van der Waals surface area contributed by atoms with Crippen LogP contribution < -0.4 is 10.1 Å². The van der Waals surface area contributed by atoms with Gasteiger partial charge in [-0.2, -0.15) is 0 Å². The van der Waals surface area contributed by atoms with E-state index in [1.54, 1.807) is 13.0 Å². The number of rotatable bonds is 8. The minimum absolute atomic E-state index is 0.00725. The van der Waals surface area contributed by atoms with Gasteiger partial charge in [0.05, 0.1) is 12.0 Å². The van der Waals surface area contributed by atoms with Crippen LogP contribution in [0.2, 0.25) is 0 Å². The minimum atomic E-state index is -1.20. The average Bonchev–Trinajstić information content (AvgIpc) is 2.59. The van der Waals surface area contributed by atoms with Crippen LogP contribution >= 0.6 is 0 Å². The molecule has 0 radical (unpaired) electrons. The predicted molar refractivity (Wildman–Crippen MR) is 94.6 cm³/mol. The van der Waals surface area contributed by atoms with Crippen LogP contribution in [0.1, 0.15) is 24.5 Å². The van der Waals surface area contributed by atoms with Gasteiger partial charge in [0.25, 0.3) is 0 Å². The third-order valence-corrected chi connectivity index (χ3v) is 3.71. The van der Waals surface area contributed by atoms with Crippen LogP contribution in [0.15, 0.2) is 67.3 Å². The largest absolute Gasteiger partial charge is 0.489 e. The molecule has 0 heterocycles. The van der Waals surface area contributed by atoms with E-state index < -0.39 is 5.60 Å². The molecule has 0 aromatic heterocycles. The monoisotopic (exact) mass is 325 g/mol. The van der Waals surface area contributed by atoms with Gasteiger partial charge in [-0.3, -0.25) is 4.79 Å². The predicted octanol–water partition coefficient (Wildman–Crippen LogP) is 3.17. The van der Waals surface area contributed by atoms with E-state index in [1.807, 2.05) is 54.6 Å². The van der Waals surface area contributed by atoms with Crippen LogP contribution in [0.5, 0.6) is 5.75 Å². The Bertz CT molecular complexity index is 680. The van der Waals surface area contributed by atoms with Crippen LogP contribution in [-0.2, 0) is 16.9 Å². The Morgan fingerprint density at radius 3 is 2.58 bits per heavy atom. The number of carbonyl (C=O) groups excluding carboxylic acids is 1. The molecule has 0 saturated carbocycles. The van der Waals surface area contributed by atoms with E-state index in [0.717, 1.165) is 11.1 Å². The van der Waals surface area contributed by atoms with Crippen molar-refractivity contribution in [1.82, 2.24) is 5.32 Å². The first-order valence-electron chi connectivity index (χ1n) is 7.89. The van der Waals surface area contributed by atoms with E-state index in [2.05, 4.69) is 11.9 Å². The second-order valence-corrected chi connectivity index (χ2v) is 5.80. The van der Waals surface area contributed by atoms with Crippen LogP contribution in [0.4, 0.5) is 0 Å². The van der Waals surface area contributed by atoms with Crippen molar-refractivity contribution in [2.75, 3.05) is 6.61 Å². The maximum atomic E-state index is 12.2. The van der Waals surface area contributed by atoms with Crippen molar-refractivity contribution in [1.29, 1.82) is 0 Å². The Labute approximate surface area is 142 Å². The molecular formula is C20H23NO3. The number of carbonyl (C=O) groups is 1. The van der Waals surface area contributed by atoms with Crippen molar-refractivity contribution in [2.24, 2.45) is 0 Å². The van der Waals surface area contributed by atoms with Crippen molar-refractivity contribution in [3.8, 4) is 5.75 Å². The summed E-state index contributed by atoms with van der Waals surface area (Å²) in [7, 11) is 0. The number of para-hydroxylation sites is 1. The van der Waals surface area contributed by atoms with Gasteiger partial charge in [-0.05, 0) is 18.6 Å². The van der Waals surface area contributed by atoms with Gasteiger partial charge in [-0.1, -0.05) is 61.2 Å². The quantitative estimate of drug-likeness (QED) is 0.733. The van der Waals surface area contributed by atoms with Gasteiger partial charge in [-0.25, -0.2) is 0 Å². The molecule has 2 N–H and O–H groups in total. The molecule has 0 aliphatic carbocycles. The van der Waals surface area contributed by atoms with Crippen LogP contribution in [0.25, 0.3) is 0 Å². The standard InChI is InChI=1S/C20H23NO3/c1-3-13-24-18-12-8-7-9-16(18)15-21-19(22)14-20(2,23)17-10-5-4-6-11-17/h3-12,23H,1,13-15H2,2H3,(H,21,22). The van der Waals surface area contributed by atoms with E-state index in [9.17, 15) is 9.90 Å². The molecule has 0 spiro atoms. The third-order valence-electron chi connectivity index (χ3n) is 3.71. The highest BCUT2D eigenvalue weighted by Crippen LogP contribution is 2.24. The molecule has 0 fully saturated rings. The first-order valence-corrected chi connectivity index (χ1v) is 7.89. The first-order chi connectivity index (χ1) is 11.5. The SMILES string of the molecule is C=CCOc1ccccc1CNC(=O)CC(C)(O)c1ccccc1. The van der Waals surface area contributed by atoms with Crippen molar-refractivity contribution >= 4 is 5.91 Å². The summed E-state index contributed by atoms with van der Waals surface area (Å²) in [6.07, 6.45) is 1.67. The highest BCUT2D eigenvalue weighted by atomic mass is 16.5. The van der Waals surface area contributed by atoms with Crippen molar-refractivity contribution < 1.29 is 14.6 Å². The molecule has 24 heavy (non-hydrogen) atoms. The summed E-state index contributed by atoms with van der Waals surface area (Å²) in [5.74, 6) is 0.495. The van der Waals surface area contributed by atoms with Crippen LogP contribution in [0.3, 0.4) is 0 Å². The van der Waals surface area contributed by atoms with Crippen molar-refractivity contribution in [3.63, 3.8) is 0 Å². The summed E-state index contributed by atoms with van der Waals surface area (Å²) >= 11 is 0. The topological polar surface area (TPSA) is 58.6 Å². The molecule has 0 aliphatic heterocycles. The van der Waals surface area contributed by atoms with Gasteiger partial charge in [0.15, 0.2) is 0 Å². The zero-order valence-corrected chi connectivity index (χ0v) is 13.9. The van der Waals surface area contributed by atoms with E-state index in [4.69, 9.17) is 4.74 Å². The zero-order valence-electron chi connectivity index (χ0n) is 13.9. The van der Waals surface area contributed by atoms with E-state index in [1.165, 1.54) is 0 Å². The molecule has 0 saturated heterocycles. The number of ether oxygens (including phenoxy) is 1. The lowest BCUT2D eigenvalue weighted by Gasteiger charge is -2.23. The number of aliphatic hydroxyl groups is 1. The van der Waals surface area contributed by atoms with Crippen LogP contribution in [0, 0.1) is 0 Å². The molecule has 2 rings (SSSR count). The Kier molecular flexibility index (Phi) is 6.15. The molecule has 1 atom stereocenters. The van der Waals surface area contributed by atoms with Gasteiger partial charge in [-0.15, -0.1) is 0 Å². The van der Waals surface area contributed by atoms with Gasteiger partial charge in [0.2, 0.25) is 5.91 Å². The Morgan fingerprint density at radius 1 is 1.21 bits per heavy atom. The molecule has 1 unspecified atom stereocenters. The molecule has 4 heteroatoms. The van der Waals surface area contributed by atoms with Gasteiger partial charge >= 0.3 is 0 Å². The van der Waals surface area contributed by atoms with E-state index in [-0.39, 0.29) is 12.3 Å². The molecule has 2 aromatic carbocycles. The lowest BCUT2D eigenvalue weighted by Crippen LogP contribution is -2.32. The number of nitrogens with one attached hydrogen (secondary N) is 1. The summed E-state index contributed by atoms with van der Waals surface area (Å²) < 4.78 is 5.57. The Hall–Kier alpha value is -2.59. The minimum Gasteiger partial charge on any atom is -0.489 e. The first kappa shape index (κ1) is 17.8. The second-order valence-electron chi connectivity index (χ2n) is 5.80. The van der Waals surface area contributed by atoms with Crippen LogP contribution in [-0.4, -0.2) is 17.6 Å². The summed E-state index contributed by atoms with van der Waals surface area (Å²) in [6.45, 7) is 6.02. The average molecular weight is 325 g/mol. The fourth-order valence-corrected chi connectivity index (χ4v) is 2.41. The molecule has 0 aliphatic rings. The highest BCUT2D eigenvalue weighted by molar-refractivity contribution is 5.77. The lowest BCUT2D eigenvalue weighted by atomic mass is 9.92. The summed E-state index contributed by atoms with van der Waals surface area (Å²) in [5, 5.41) is 13.4.